The molecule has 0 aliphatic carbocycles. The second kappa shape index (κ2) is 5.81. The van der Waals surface area contributed by atoms with E-state index in [1.54, 1.807) is 0 Å². The Bertz CT molecular complexity index is 572. The van der Waals surface area contributed by atoms with Crippen molar-refractivity contribution in [1.29, 1.82) is 0 Å². The van der Waals surface area contributed by atoms with Gasteiger partial charge in [-0.15, -0.1) is 0 Å². The minimum Gasteiger partial charge on any atom is -0.378 e. The maximum Gasteiger partial charge on any atom is 0.152 e. The van der Waals surface area contributed by atoms with E-state index in [0.717, 1.165) is 44.3 Å². The van der Waals surface area contributed by atoms with E-state index >= 15 is 0 Å². The highest BCUT2D eigenvalue weighted by molar-refractivity contribution is 5.56. The fourth-order valence-electron chi connectivity index (χ4n) is 2.53. The Morgan fingerprint density at radius 3 is 2.85 bits per heavy atom. The summed E-state index contributed by atoms with van der Waals surface area (Å²) in [5.74, 6) is 1.09. The van der Waals surface area contributed by atoms with Crippen molar-refractivity contribution in [3.63, 3.8) is 0 Å². The molecule has 2 aromatic heterocycles. The Hall–Kier alpha value is -1.59. The third-order valence-corrected chi connectivity index (χ3v) is 3.60. The van der Waals surface area contributed by atoms with Gasteiger partial charge in [0.1, 0.15) is 5.65 Å². The number of morpholine rings is 1. The van der Waals surface area contributed by atoms with Crippen LogP contribution in [0.4, 0.5) is 5.82 Å². The molecule has 1 N–H and O–H groups in total. The summed E-state index contributed by atoms with van der Waals surface area (Å²) < 4.78 is 7.62. The molecule has 1 aliphatic rings. The van der Waals surface area contributed by atoms with E-state index in [0.29, 0.717) is 6.04 Å². The summed E-state index contributed by atoms with van der Waals surface area (Å²) in [5.41, 5.74) is 2.24. The second-order valence-corrected chi connectivity index (χ2v) is 5.45. The van der Waals surface area contributed by atoms with Crippen LogP contribution in [-0.4, -0.2) is 41.7 Å². The van der Waals surface area contributed by atoms with Gasteiger partial charge in [-0.05, 0) is 12.1 Å². The van der Waals surface area contributed by atoms with Gasteiger partial charge in [0.25, 0.3) is 0 Å². The first-order valence-electron chi connectivity index (χ1n) is 7.28. The standard InChI is InChI=1S/C15H22N4O/c1-12(2)16-11-13-15(18-7-9-20-10-8-18)17-14-5-3-4-6-19(13)14/h3-6,12,16H,7-11H2,1-2H3. The van der Waals surface area contributed by atoms with Crippen LogP contribution in [0.25, 0.3) is 5.65 Å². The average molecular weight is 274 g/mol. The zero-order chi connectivity index (χ0) is 13.9. The van der Waals surface area contributed by atoms with Gasteiger partial charge < -0.3 is 19.4 Å². The van der Waals surface area contributed by atoms with Gasteiger partial charge >= 0.3 is 0 Å². The van der Waals surface area contributed by atoms with Crippen LogP contribution in [0.1, 0.15) is 19.5 Å². The molecule has 0 atom stereocenters. The molecular formula is C15H22N4O. The van der Waals surface area contributed by atoms with E-state index in [-0.39, 0.29) is 0 Å². The molecule has 0 spiro atoms. The van der Waals surface area contributed by atoms with Gasteiger partial charge in [-0.2, -0.15) is 0 Å². The minimum absolute atomic E-state index is 0.460. The minimum atomic E-state index is 0.460. The van der Waals surface area contributed by atoms with Gasteiger partial charge in [0.15, 0.2) is 5.82 Å². The summed E-state index contributed by atoms with van der Waals surface area (Å²) in [6.45, 7) is 8.55. The molecule has 0 bridgehead atoms. The van der Waals surface area contributed by atoms with E-state index in [4.69, 9.17) is 9.72 Å². The summed E-state index contributed by atoms with van der Waals surface area (Å²) in [7, 11) is 0. The van der Waals surface area contributed by atoms with Gasteiger partial charge in [-0.25, -0.2) is 4.98 Å². The van der Waals surface area contributed by atoms with E-state index in [1.165, 1.54) is 5.69 Å². The van der Waals surface area contributed by atoms with E-state index in [9.17, 15) is 0 Å². The van der Waals surface area contributed by atoms with Crippen molar-refractivity contribution in [2.75, 3.05) is 31.2 Å². The average Bonchev–Trinajstić information content (AvgIpc) is 2.84. The highest BCUT2D eigenvalue weighted by Crippen LogP contribution is 2.22. The molecular weight excluding hydrogens is 252 g/mol. The second-order valence-electron chi connectivity index (χ2n) is 5.45. The van der Waals surface area contributed by atoms with Crippen molar-refractivity contribution < 1.29 is 4.74 Å². The van der Waals surface area contributed by atoms with E-state index < -0.39 is 0 Å². The van der Waals surface area contributed by atoms with Crippen molar-refractivity contribution in [1.82, 2.24) is 14.7 Å². The lowest BCUT2D eigenvalue weighted by Gasteiger charge is -2.28. The number of hydrogen-bond donors (Lipinski definition) is 1. The molecule has 0 aromatic carbocycles. The molecule has 3 rings (SSSR count). The maximum atomic E-state index is 5.44. The molecule has 1 fully saturated rings. The lowest BCUT2D eigenvalue weighted by molar-refractivity contribution is 0.122. The molecule has 20 heavy (non-hydrogen) atoms. The van der Waals surface area contributed by atoms with Gasteiger partial charge in [-0.1, -0.05) is 19.9 Å². The molecule has 0 unspecified atom stereocenters. The highest BCUT2D eigenvalue weighted by atomic mass is 16.5. The number of imidazole rings is 1. The third kappa shape index (κ3) is 2.64. The fourth-order valence-corrected chi connectivity index (χ4v) is 2.53. The van der Waals surface area contributed by atoms with Crippen molar-refractivity contribution in [3.05, 3.63) is 30.1 Å². The summed E-state index contributed by atoms with van der Waals surface area (Å²) in [4.78, 5) is 7.13. The monoisotopic (exact) mass is 274 g/mol. The zero-order valence-corrected chi connectivity index (χ0v) is 12.2. The first-order chi connectivity index (χ1) is 9.75. The van der Waals surface area contributed by atoms with Crippen LogP contribution >= 0.6 is 0 Å². The number of rotatable bonds is 4. The third-order valence-electron chi connectivity index (χ3n) is 3.60. The van der Waals surface area contributed by atoms with Crippen LogP contribution in [0.2, 0.25) is 0 Å². The molecule has 1 aliphatic heterocycles. The Kier molecular flexibility index (Phi) is 3.89. The molecule has 1 saturated heterocycles. The van der Waals surface area contributed by atoms with Crippen molar-refractivity contribution in [2.45, 2.75) is 26.4 Å². The van der Waals surface area contributed by atoms with E-state index in [1.807, 2.05) is 6.07 Å². The van der Waals surface area contributed by atoms with Gasteiger partial charge in [0.05, 0.1) is 18.9 Å². The largest absolute Gasteiger partial charge is 0.378 e. The SMILES string of the molecule is CC(C)NCc1c(N2CCOCC2)nc2ccccn12. The van der Waals surface area contributed by atoms with Crippen LogP contribution in [0.15, 0.2) is 24.4 Å². The van der Waals surface area contributed by atoms with Crippen molar-refractivity contribution in [2.24, 2.45) is 0 Å². The number of ether oxygens (including phenoxy) is 1. The maximum absolute atomic E-state index is 5.44. The molecule has 0 amide bonds. The quantitative estimate of drug-likeness (QED) is 0.921. The Morgan fingerprint density at radius 2 is 2.10 bits per heavy atom. The van der Waals surface area contributed by atoms with Crippen LogP contribution in [0, 0.1) is 0 Å². The molecule has 0 saturated carbocycles. The van der Waals surface area contributed by atoms with Crippen LogP contribution < -0.4 is 10.2 Å². The number of aromatic nitrogens is 2. The highest BCUT2D eigenvalue weighted by Gasteiger charge is 2.20. The number of nitrogens with one attached hydrogen (secondary N) is 1. The molecule has 2 aromatic rings. The Labute approximate surface area is 119 Å². The number of anilines is 1. The fraction of sp³-hybridized carbons (Fsp3) is 0.533. The smallest absolute Gasteiger partial charge is 0.152 e. The van der Waals surface area contributed by atoms with Crippen LogP contribution in [0.3, 0.4) is 0 Å². The molecule has 5 heteroatoms. The topological polar surface area (TPSA) is 41.8 Å². The van der Waals surface area contributed by atoms with Crippen LogP contribution in [0.5, 0.6) is 0 Å². The molecule has 108 valence electrons. The summed E-state index contributed by atoms with van der Waals surface area (Å²) in [6, 6.07) is 6.60. The number of nitrogens with zero attached hydrogens (tertiary/aromatic N) is 3. The Balaban J connectivity index is 1.97. The van der Waals surface area contributed by atoms with Crippen molar-refractivity contribution >= 4 is 11.5 Å². The number of fused-ring (bicyclic) bond motifs is 1. The first kappa shape index (κ1) is 13.4. The molecule has 0 radical (unpaired) electrons. The predicted molar refractivity (Wildman–Crippen MR) is 80.2 cm³/mol. The molecule has 3 heterocycles. The summed E-state index contributed by atoms with van der Waals surface area (Å²) in [6.07, 6.45) is 2.09. The van der Waals surface area contributed by atoms with Gasteiger partial charge in [0.2, 0.25) is 0 Å². The Morgan fingerprint density at radius 1 is 1.30 bits per heavy atom. The summed E-state index contributed by atoms with van der Waals surface area (Å²) in [5, 5.41) is 3.50. The zero-order valence-electron chi connectivity index (χ0n) is 12.2. The van der Waals surface area contributed by atoms with Gasteiger partial charge in [0, 0.05) is 31.9 Å². The van der Waals surface area contributed by atoms with Crippen LogP contribution in [-0.2, 0) is 11.3 Å². The predicted octanol–water partition coefficient (Wildman–Crippen LogP) is 1.67. The summed E-state index contributed by atoms with van der Waals surface area (Å²) >= 11 is 0. The van der Waals surface area contributed by atoms with E-state index in [2.05, 4.69) is 46.8 Å². The lowest BCUT2D eigenvalue weighted by atomic mass is 10.3. The van der Waals surface area contributed by atoms with Gasteiger partial charge in [-0.3, -0.25) is 0 Å². The molecule has 5 nitrogen and oxygen atoms in total. The normalized spacial score (nSPS) is 16.2. The number of hydrogen-bond acceptors (Lipinski definition) is 4. The number of pyridine rings is 1. The lowest BCUT2D eigenvalue weighted by Crippen LogP contribution is -2.37. The first-order valence-corrected chi connectivity index (χ1v) is 7.28. The van der Waals surface area contributed by atoms with Crippen molar-refractivity contribution in [3.8, 4) is 0 Å².